The monoisotopic (exact) mass is 257 g/mol. The fourth-order valence-electron chi connectivity index (χ4n) is 1.65. The van der Waals surface area contributed by atoms with E-state index in [0.29, 0.717) is 6.54 Å². The maximum atomic E-state index is 12.0. The first-order chi connectivity index (χ1) is 8.38. The van der Waals surface area contributed by atoms with Gasteiger partial charge in [0.15, 0.2) is 0 Å². The molecule has 5 heteroatoms. The molecule has 18 heavy (non-hydrogen) atoms. The minimum absolute atomic E-state index is 0.0600. The number of hydrogen-bond donors (Lipinski definition) is 3. The maximum Gasteiger partial charge on any atom is 0.223 e. The summed E-state index contributed by atoms with van der Waals surface area (Å²) in [6.07, 6.45) is 3.92. The van der Waals surface area contributed by atoms with E-state index in [0.717, 1.165) is 25.7 Å². The smallest absolute Gasteiger partial charge is 0.223 e. The van der Waals surface area contributed by atoms with Gasteiger partial charge in [-0.05, 0) is 12.8 Å². The van der Waals surface area contributed by atoms with Crippen LogP contribution < -0.4 is 11.1 Å². The lowest BCUT2D eigenvalue weighted by Gasteiger charge is -2.24. The van der Waals surface area contributed by atoms with Crippen molar-refractivity contribution in [2.75, 3.05) is 6.54 Å². The average Bonchev–Trinajstić information content (AvgIpc) is 2.36. The van der Waals surface area contributed by atoms with Crippen LogP contribution in [-0.4, -0.2) is 23.5 Å². The minimum atomic E-state index is -0.534. The summed E-state index contributed by atoms with van der Waals surface area (Å²) in [6, 6.07) is 0. The number of nitrogens with zero attached hydrogens (tertiary/aromatic N) is 1. The molecule has 106 valence electrons. The van der Waals surface area contributed by atoms with E-state index >= 15 is 0 Å². The summed E-state index contributed by atoms with van der Waals surface area (Å²) in [6.45, 7) is 8.18. The summed E-state index contributed by atoms with van der Waals surface area (Å²) in [5, 5.41) is 14.5. The quantitative estimate of drug-likeness (QED) is 0.269. The van der Waals surface area contributed by atoms with Crippen molar-refractivity contribution in [3.8, 4) is 0 Å². The van der Waals surface area contributed by atoms with Gasteiger partial charge in [0, 0.05) is 17.9 Å². The van der Waals surface area contributed by atoms with E-state index in [9.17, 15) is 4.79 Å². The van der Waals surface area contributed by atoms with Gasteiger partial charge in [-0.25, -0.2) is 0 Å². The van der Waals surface area contributed by atoms with Gasteiger partial charge in [0.1, 0.15) is 5.84 Å². The molecule has 0 aromatic rings. The second-order valence-electron chi connectivity index (χ2n) is 5.33. The van der Waals surface area contributed by atoms with E-state index in [4.69, 9.17) is 10.9 Å². The zero-order chi connectivity index (χ0) is 14.2. The Kier molecular flexibility index (Phi) is 7.39. The Bertz CT molecular complexity index is 288. The van der Waals surface area contributed by atoms with Crippen LogP contribution in [0.4, 0.5) is 0 Å². The number of amidine groups is 1. The summed E-state index contributed by atoms with van der Waals surface area (Å²) < 4.78 is 0. The van der Waals surface area contributed by atoms with Gasteiger partial charge in [-0.2, -0.15) is 0 Å². The van der Waals surface area contributed by atoms with Crippen molar-refractivity contribution in [2.45, 2.75) is 53.4 Å². The summed E-state index contributed by atoms with van der Waals surface area (Å²) in [5.41, 5.74) is 5.04. The number of nitrogens with two attached hydrogens (primary N) is 1. The highest BCUT2D eigenvalue weighted by atomic mass is 16.4. The highest BCUT2D eigenvalue weighted by Gasteiger charge is 2.25. The largest absolute Gasteiger partial charge is 0.409 e. The van der Waals surface area contributed by atoms with Crippen LogP contribution in [0, 0.1) is 11.3 Å². The predicted molar refractivity (Wildman–Crippen MR) is 73.5 cm³/mol. The van der Waals surface area contributed by atoms with Crippen LogP contribution in [0.5, 0.6) is 0 Å². The number of rotatable bonds is 8. The molecule has 0 aliphatic heterocycles. The zero-order valence-corrected chi connectivity index (χ0v) is 12.0. The number of nitrogens with one attached hydrogen (secondary N) is 1. The number of hydrogen-bond acceptors (Lipinski definition) is 3. The van der Waals surface area contributed by atoms with Gasteiger partial charge >= 0.3 is 0 Å². The van der Waals surface area contributed by atoms with E-state index in [2.05, 4.69) is 17.4 Å². The highest BCUT2D eigenvalue weighted by molar-refractivity contribution is 5.86. The van der Waals surface area contributed by atoms with Gasteiger partial charge in [0.2, 0.25) is 5.91 Å². The molecule has 0 aliphatic carbocycles. The van der Waals surface area contributed by atoms with Gasteiger partial charge < -0.3 is 16.3 Å². The van der Waals surface area contributed by atoms with Crippen LogP contribution in [0.15, 0.2) is 5.16 Å². The Labute approximate surface area is 110 Å². The molecule has 0 rings (SSSR count). The van der Waals surface area contributed by atoms with Crippen molar-refractivity contribution >= 4 is 11.7 Å². The number of carbonyl (C=O) groups excluding carboxylic acids is 1. The zero-order valence-electron chi connectivity index (χ0n) is 12.0. The van der Waals surface area contributed by atoms with Gasteiger partial charge in [0.05, 0.1) is 0 Å². The second kappa shape index (κ2) is 7.95. The summed E-state index contributed by atoms with van der Waals surface area (Å²) in [4.78, 5) is 12.0. The second-order valence-corrected chi connectivity index (χ2v) is 5.33. The number of oxime groups is 1. The molecule has 0 spiro atoms. The Morgan fingerprint density at radius 2 is 2.06 bits per heavy atom. The van der Waals surface area contributed by atoms with Gasteiger partial charge in [-0.15, -0.1) is 0 Å². The molecule has 1 amide bonds. The molecular weight excluding hydrogens is 230 g/mol. The van der Waals surface area contributed by atoms with Crippen LogP contribution in [0.1, 0.15) is 53.4 Å². The normalized spacial score (nSPS) is 14.3. The molecule has 1 unspecified atom stereocenters. The first-order valence-corrected chi connectivity index (χ1v) is 6.64. The third-order valence-corrected chi connectivity index (χ3v) is 3.28. The fourth-order valence-corrected chi connectivity index (χ4v) is 1.65. The lowest BCUT2D eigenvalue weighted by molar-refractivity contribution is -0.125. The van der Waals surface area contributed by atoms with E-state index in [1.807, 2.05) is 20.8 Å². The molecule has 0 saturated carbocycles. The third kappa shape index (κ3) is 5.38. The molecule has 5 nitrogen and oxygen atoms in total. The van der Waals surface area contributed by atoms with Gasteiger partial charge in [0.25, 0.3) is 0 Å². The van der Waals surface area contributed by atoms with Crippen molar-refractivity contribution in [2.24, 2.45) is 22.2 Å². The van der Waals surface area contributed by atoms with Crippen molar-refractivity contribution in [1.29, 1.82) is 0 Å². The predicted octanol–water partition coefficient (Wildman–Crippen LogP) is 2.09. The summed E-state index contributed by atoms with van der Waals surface area (Å²) >= 11 is 0. The molecule has 0 aliphatic rings. The van der Waals surface area contributed by atoms with Crippen molar-refractivity contribution in [1.82, 2.24) is 5.32 Å². The Morgan fingerprint density at radius 3 is 2.50 bits per heavy atom. The first-order valence-electron chi connectivity index (χ1n) is 6.64. The molecule has 0 saturated heterocycles. The molecule has 0 fully saturated rings. The lowest BCUT2D eigenvalue weighted by atomic mass is 9.91. The third-order valence-electron chi connectivity index (χ3n) is 3.28. The first kappa shape index (κ1) is 16.7. The van der Waals surface area contributed by atoms with E-state index in [1.165, 1.54) is 0 Å². The van der Waals surface area contributed by atoms with Crippen molar-refractivity contribution < 1.29 is 10.0 Å². The Balaban J connectivity index is 4.31. The molecule has 0 aromatic carbocycles. The molecule has 0 aromatic heterocycles. The average molecular weight is 257 g/mol. The van der Waals surface area contributed by atoms with Crippen LogP contribution in [0.25, 0.3) is 0 Å². The molecule has 0 heterocycles. The number of carbonyl (C=O) groups is 1. The van der Waals surface area contributed by atoms with Crippen LogP contribution in [0.2, 0.25) is 0 Å². The van der Waals surface area contributed by atoms with Gasteiger partial charge in [-0.3, -0.25) is 4.79 Å². The summed E-state index contributed by atoms with van der Waals surface area (Å²) in [5.74, 6) is 0.252. The number of amides is 1. The van der Waals surface area contributed by atoms with Gasteiger partial charge in [-0.1, -0.05) is 45.7 Å². The van der Waals surface area contributed by atoms with E-state index < -0.39 is 5.41 Å². The molecule has 4 N–H and O–H groups in total. The minimum Gasteiger partial charge on any atom is -0.409 e. The van der Waals surface area contributed by atoms with E-state index in [-0.39, 0.29) is 17.7 Å². The Hall–Kier alpha value is -1.26. The SMILES string of the molecule is CCCCC(CC)C(=O)NCC(C)(C)C(N)=NO. The van der Waals surface area contributed by atoms with Crippen LogP contribution >= 0.6 is 0 Å². The van der Waals surface area contributed by atoms with Crippen molar-refractivity contribution in [3.05, 3.63) is 0 Å². The molecule has 1 atom stereocenters. The topological polar surface area (TPSA) is 87.7 Å². The van der Waals surface area contributed by atoms with E-state index in [1.54, 1.807) is 0 Å². The van der Waals surface area contributed by atoms with Crippen molar-refractivity contribution in [3.63, 3.8) is 0 Å². The van der Waals surface area contributed by atoms with Crippen LogP contribution in [-0.2, 0) is 4.79 Å². The number of unbranched alkanes of at least 4 members (excludes halogenated alkanes) is 1. The molecule has 0 radical (unpaired) electrons. The fraction of sp³-hybridized carbons (Fsp3) is 0.846. The summed E-state index contributed by atoms with van der Waals surface area (Å²) in [7, 11) is 0. The van der Waals surface area contributed by atoms with Crippen LogP contribution in [0.3, 0.4) is 0 Å². The Morgan fingerprint density at radius 1 is 1.44 bits per heavy atom. The standard InChI is InChI=1S/C13H27N3O2/c1-5-7-8-10(6-2)11(17)15-9-13(3,4)12(14)16-18/h10,18H,5-9H2,1-4H3,(H2,14,16)(H,15,17). The highest BCUT2D eigenvalue weighted by Crippen LogP contribution is 2.16. The lowest BCUT2D eigenvalue weighted by Crippen LogP contribution is -2.44. The maximum absolute atomic E-state index is 12.0. The molecular formula is C13H27N3O2. The molecule has 0 bridgehead atoms.